The molecule has 0 fully saturated rings. The Kier molecular flexibility index (Phi) is 8.96. The number of aromatic nitrogens is 1. The zero-order valence-electron chi connectivity index (χ0n) is 19.2. The van der Waals surface area contributed by atoms with Crippen LogP contribution in [0.15, 0.2) is 67.1 Å². The molecule has 3 rings (SSSR count). The number of amides is 2. The van der Waals surface area contributed by atoms with Gasteiger partial charge in [0.05, 0.1) is 12.2 Å². The number of hydrazine groups is 1. The quantitative estimate of drug-likeness (QED) is 0.195. The van der Waals surface area contributed by atoms with Crippen molar-refractivity contribution in [2.24, 2.45) is 11.6 Å². The molecular weight excluding hydrogens is 432 g/mol. The third kappa shape index (κ3) is 6.31. The molecule has 0 aliphatic rings. The minimum atomic E-state index is -0.358. The standard InChI is InChI=1S/C25H30N6O3/c1-2-34-16-6-14-29-25(33)23-22(9-5-13-28-23)30-24(32)21-11-10-18(17-31(27)15-12-26)19-7-3-4-8-20(19)21/h3-5,7-13,15H,2,6,14,16-17,26-27H2,1H3,(H,29,33)(H,30,32)/b15-12-. The van der Waals surface area contributed by atoms with Crippen molar-refractivity contribution < 1.29 is 14.3 Å². The highest BCUT2D eigenvalue weighted by Crippen LogP contribution is 2.25. The molecule has 0 saturated carbocycles. The van der Waals surface area contributed by atoms with Crippen LogP contribution in [0.2, 0.25) is 0 Å². The van der Waals surface area contributed by atoms with Crippen LogP contribution < -0.4 is 22.2 Å². The van der Waals surface area contributed by atoms with Gasteiger partial charge in [0.25, 0.3) is 11.8 Å². The number of pyridine rings is 1. The van der Waals surface area contributed by atoms with Crippen LogP contribution in [0.25, 0.3) is 10.8 Å². The summed E-state index contributed by atoms with van der Waals surface area (Å²) < 4.78 is 5.28. The van der Waals surface area contributed by atoms with Crippen molar-refractivity contribution in [3.8, 4) is 0 Å². The van der Waals surface area contributed by atoms with Crippen LogP contribution in [0.5, 0.6) is 0 Å². The molecule has 2 amide bonds. The normalized spacial score (nSPS) is 11.0. The topological polar surface area (TPSA) is 136 Å². The number of hydrogen-bond donors (Lipinski definition) is 4. The van der Waals surface area contributed by atoms with Gasteiger partial charge >= 0.3 is 0 Å². The molecular formula is C25H30N6O3. The summed E-state index contributed by atoms with van der Waals surface area (Å²) >= 11 is 0. The minimum Gasteiger partial charge on any atom is -0.403 e. The molecule has 0 atom stereocenters. The van der Waals surface area contributed by atoms with Crippen LogP contribution in [0.1, 0.15) is 39.8 Å². The molecule has 1 aromatic heterocycles. The first-order valence-corrected chi connectivity index (χ1v) is 11.1. The van der Waals surface area contributed by atoms with Crippen molar-refractivity contribution >= 4 is 28.3 Å². The number of carbonyl (C=O) groups is 2. The van der Waals surface area contributed by atoms with Gasteiger partial charge in [-0.3, -0.25) is 9.59 Å². The maximum Gasteiger partial charge on any atom is 0.272 e. The Morgan fingerprint density at radius 2 is 1.88 bits per heavy atom. The number of ether oxygens (including phenoxy) is 1. The van der Waals surface area contributed by atoms with Crippen LogP contribution in [0.4, 0.5) is 5.69 Å². The van der Waals surface area contributed by atoms with E-state index in [2.05, 4.69) is 15.6 Å². The predicted molar refractivity (Wildman–Crippen MR) is 133 cm³/mol. The molecule has 2 aromatic carbocycles. The zero-order chi connectivity index (χ0) is 24.3. The molecule has 0 spiro atoms. The van der Waals surface area contributed by atoms with E-state index in [-0.39, 0.29) is 17.5 Å². The Bertz CT molecular complexity index is 1160. The van der Waals surface area contributed by atoms with E-state index in [0.29, 0.717) is 44.0 Å². The number of benzene rings is 2. The Hall–Kier alpha value is -3.95. The van der Waals surface area contributed by atoms with Gasteiger partial charge in [-0.1, -0.05) is 30.3 Å². The second-order valence-electron chi connectivity index (χ2n) is 7.49. The fourth-order valence-electron chi connectivity index (χ4n) is 3.54. The molecule has 9 heteroatoms. The lowest BCUT2D eigenvalue weighted by atomic mass is 9.98. The van der Waals surface area contributed by atoms with Crippen molar-refractivity contribution in [1.82, 2.24) is 15.3 Å². The number of nitrogens with two attached hydrogens (primary N) is 2. The van der Waals surface area contributed by atoms with Crippen LogP contribution in [-0.4, -0.2) is 41.6 Å². The highest BCUT2D eigenvalue weighted by atomic mass is 16.5. The number of hydrogen-bond acceptors (Lipinski definition) is 7. The highest BCUT2D eigenvalue weighted by Gasteiger charge is 2.17. The Morgan fingerprint density at radius 1 is 1.09 bits per heavy atom. The largest absolute Gasteiger partial charge is 0.403 e. The van der Waals surface area contributed by atoms with Crippen molar-refractivity contribution in [3.05, 3.63) is 83.9 Å². The average Bonchev–Trinajstić information content (AvgIpc) is 2.84. The van der Waals surface area contributed by atoms with E-state index < -0.39 is 0 Å². The van der Waals surface area contributed by atoms with Gasteiger partial charge in [-0.05, 0) is 47.9 Å². The summed E-state index contributed by atoms with van der Waals surface area (Å²) in [7, 11) is 0. The summed E-state index contributed by atoms with van der Waals surface area (Å²) in [5, 5.41) is 8.79. The molecule has 9 nitrogen and oxygen atoms in total. The molecule has 0 radical (unpaired) electrons. The maximum absolute atomic E-state index is 13.2. The van der Waals surface area contributed by atoms with Crippen LogP contribution in [-0.2, 0) is 11.3 Å². The Balaban J connectivity index is 1.80. The van der Waals surface area contributed by atoms with Gasteiger partial charge < -0.3 is 26.1 Å². The van der Waals surface area contributed by atoms with Crippen LogP contribution >= 0.6 is 0 Å². The van der Waals surface area contributed by atoms with Gasteiger partial charge in [-0.15, -0.1) is 0 Å². The molecule has 0 aliphatic carbocycles. The van der Waals surface area contributed by atoms with Crippen molar-refractivity contribution in [3.63, 3.8) is 0 Å². The van der Waals surface area contributed by atoms with E-state index in [9.17, 15) is 9.59 Å². The molecule has 178 valence electrons. The third-order valence-corrected chi connectivity index (χ3v) is 5.12. The summed E-state index contributed by atoms with van der Waals surface area (Å²) in [4.78, 5) is 30.0. The maximum atomic E-state index is 13.2. The summed E-state index contributed by atoms with van der Waals surface area (Å²) in [5.74, 6) is 5.25. The lowest BCUT2D eigenvalue weighted by Gasteiger charge is -2.17. The molecule has 0 saturated heterocycles. The number of anilines is 1. The second-order valence-corrected chi connectivity index (χ2v) is 7.49. The van der Waals surface area contributed by atoms with Gasteiger partial charge in [-0.25, -0.2) is 10.8 Å². The first-order chi connectivity index (χ1) is 16.5. The third-order valence-electron chi connectivity index (χ3n) is 5.12. The van der Waals surface area contributed by atoms with E-state index >= 15 is 0 Å². The number of carbonyl (C=O) groups excluding carboxylic acids is 2. The van der Waals surface area contributed by atoms with E-state index in [0.717, 1.165) is 16.3 Å². The van der Waals surface area contributed by atoms with Crippen LogP contribution in [0.3, 0.4) is 0 Å². The van der Waals surface area contributed by atoms with Gasteiger partial charge in [-0.2, -0.15) is 0 Å². The number of fused-ring (bicyclic) bond motifs is 1. The van der Waals surface area contributed by atoms with E-state index in [1.807, 2.05) is 37.3 Å². The Labute approximate surface area is 198 Å². The monoisotopic (exact) mass is 462 g/mol. The molecule has 0 unspecified atom stereocenters. The van der Waals surface area contributed by atoms with Gasteiger partial charge in [0.1, 0.15) is 0 Å². The summed E-state index contributed by atoms with van der Waals surface area (Å²) in [5.41, 5.74) is 7.33. The summed E-state index contributed by atoms with van der Waals surface area (Å²) in [6.07, 6.45) is 5.14. The molecule has 6 N–H and O–H groups in total. The number of rotatable bonds is 11. The van der Waals surface area contributed by atoms with Gasteiger partial charge in [0.2, 0.25) is 0 Å². The smallest absolute Gasteiger partial charge is 0.272 e. The van der Waals surface area contributed by atoms with E-state index in [1.165, 1.54) is 17.4 Å². The summed E-state index contributed by atoms with van der Waals surface area (Å²) in [6, 6.07) is 14.5. The van der Waals surface area contributed by atoms with E-state index in [4.69, 9.17) is 16.3 Å². The van der Waals surface area contributed by atoms with E-state index in [1.54, 1.807) is 24.4 Å². The lowest BCUT2D eigenvalue weighted by Crippen LogP contribution is -2.28. The fraction of sp³-hybridized carbons (Fsp3) is 0.240. The average molecular weight is 463 g/mol. The highest BCUT2D eigenvalue weighted by molar-refractivity contribution is 6.15. The molecule has 1 heterocycles. The fourth-order valence-corrected chi connectivity index (χ4v) is 3.54. The molecule has 3 aromatic rings. The molecule has 0 aliphatic heterocycles. The number of nitrogens with zero attached hydrogens (tertiary/aromatic N) is 2. The van der Waals surface area contributed by atoms with Crippen LogP contribution in [0, 0.1) is 0 Å². The number of nitrogens with one attached hydrogen (secondary N) is 2. The van der Waals surface area contributed by atoms with Crippen molar-refractivity contribution in [2.45, 2.75) is 19.9 Å². The Morgan fingerprint density at radius 3 is 2.65 bits per heavy atom. The van der Waals surface area contributed by atoms with Crippen molar-refractivity contribution in [2.75, 3.05) is 25.1 Å². The van der Waals surface area contributed by atoms with Gasteiger partial charge in [0.15, 0.2) is 5.69 Å². The first-order valence-electron chi connectivity index (χ1n) is 11.1. The second kappa shape index (κ2) is 12.3. The lowest BCUT2D eigenvalue weighted by molar-refractivity contribution is 0.0940. The SMILES string of the molecule is CCOCCCNC(=O)c1ncccc1NC(=O)c1ccc(CN(N)/C=C\N)c2ccccc12. The molecule has 0 bridgehead atoms. The van der Waals surface area contributed by atoms with Crippen molar-refractivity contribution in [1.29, 1.82) is 0 Å². The zero-order valence-corrected chi connectivity index (χ0v) is 19.2. The first kappa shape index (κ1) is 24.7. The minimum absolute atomic E-state index is 0.153. The molecule has 34 heavy (non-hydrogen) atoms. The summed E-state index contributed by atoms with van der Waals surface area (Å²) in [6.45, 7) is 3.99. The van der Waals surface area contributed by atoms with Gasteiger partial charge in [0, 0.05) is 43.9 Å². The predicted octanol–water partition coefficient (Wildman–Crippen LogP) is 2.75.